The number of benzene rings is 1. The van der Waals surface area contributed by atoms with Crippen LogP contribution in [0.1, 0.15) is 26.7 Å². The van der Waals surface area contributed by atoms with E-state index in [0.29, 0.717) is 18.9 Å². The van der Waals surface area contributed by atoms with Crippen molar-refractivity contribution in [2.24, 2.45) is 0 Å². The van der Waals surface area contributed by atoms with Gasteiger partial charge < -0.3 is 23.9 Å². The molecule has 0 bridgehead atoms. The standard InChI is InChI=1S/C16H23F5N2O4Si/c1-9(2)27-28(25-3,26-4)8-6-5-7-22-16(24)23-15-13(20)11(18)10(17)12(19)14(15)21/h9H,5-8H2,1-4H3,(H2,22,23,24). The molecule has 0 aromatic heterocycles. The maximum atomic E-state index is 13.5. The van der Waals surface area contributed by atoms with Crippen LogP contribution >= 0.6 is 0 Å². The topological polar surface area (TPSA) is 68.8 Å². The molecule has 28 heavy (non-hydrogen) atoms. The Kier molecular flexibility index (Phi) is 9.27. The number of unbranched alkanes of at least 4 members (excludes halogenated alkanes) is 1. The van der Waals surface area contributed by atoms with Crippen molar-refractivity contribution in [3.8, 4) is 0 Å². The molecule has 0 atom stereocenters. The summed E-state index contributed by atoms with van der Waals surface area (Å²) in [4.78, 5) is 11.7. The highest BCUT2D eigenvalue weighted by Crippen LogP contribution is 2.27. The van der Waals surface area contributed by atoms with Crippen LogP contribution in [0.15, 0.2) is 0 Å². The summed E-state index contributed by atoms with van der Waals surface area (Å²) >= 11 is 0. The lowest BCUT2D eigenvalue weighted by Crippen LogP contribution is -2.45. The third kappa shape index (κ3) is 6.12. The number of halogens is 5. The van der Waals surface area contributed by atoms with E-state index >= 15 is 0 Å². The molecular weight excluding hydrogens is 407 g/mol. The number of rotatable bonds is 10. The van der Waals surface area contributed by atoms with Crippen LogP contribution in [-0.4, -0.2) is 41.7 Å². The Morgan fingerprint density at radius 1 is 0.929 bits per heavy atom. The largest absolute Gasteiger partial charge is 0.500 e. The van der Waals surface area contributed by atoms with E-state index in [4.69, 9.17) is 13.3 Å². The summed E-state index contributed by atoms with van der Waals surface area (Å²) in [7, 11) is 0.136. The molecule has 0 aliphatic rings. The third-order valence-electron chi connectivity index (χ3n) is 3.68. The molecule has 1 rings (SSSR count). The van der Waals surface area contributed by atoms with Crippen LogP contribution in [0.3, 0.4) is 0 Å². The summed E-state index contributed by atoms with van der Waals surface area (Å²) in [6.45, 7) is 3.76. The number of carbonyl (C=O) groups is 1. The van der Waals surface area contributed by atoms with E-state index in [2.05, 4.69) is 5.32 Å². The van der Waals surface area contributed by atoms with E-state index in [1.807, 2.05) is 13.8 Å². The summed E-state index contributed by atoms with van der Waals surface area (Å²) in [5, 5.41) is 3.90. The summed E-state index contributed by atoms with van der Waals surface area (Å²) < 4.78 is 82.7. The minimum atomic E-state index is -2.82. The van der Waals surface area contributed by atoms with Gasteiger partial charge in [-0.05, 0) is 26.7 Å². The molecule has 6 nitrogen and oxygen atoms in total. The first-order valence-electron chi connectivity index (χ1n) is 8.43. The lowest BCUT2D eigenvalue weighted by Gasteiger charge is -2.28. The molecule has 0 radical (unpaired) electrons. The van der Waals surface area contributed by atoms with Crippen LogP contribution in [0.5, 0.6) is 0 Å². The van der Waals surface area contributed by atoms with Gasteiger partial charge in [-0.3, -0.25) is 0 Å². The van der Waals surface area contributed by atoms with Crippen molar-refractivity contribution in [3.05, 3.63) is 29.1 Å². The molecule has 0 fully saturated rings. The number of amides is 2. The van der Waals surface area contributed by atoms with E-state index in [1.54, 1.807) is 5.32 Å². The summed E-state index contributed by atoms with van der Waals surface area (Å²) in [5.41, 5.74) is -1.41. The van der Waals surface area contributed by atoms with E-state index in [-0.39, 0.29) is 12.6 Å². The zero-order chi connectivity index (χ0) is 21.5. The Morgan fingerprint density at radius 3 is 1.89 bits per heavy atom. The van der Waals surface area contributed by atoms with E-state index in [1.165, 1.54) is 14.2 Å². The average Bonchev–Trinajstić information content (AvgIpc) is 2.66. The lowest BCUT2D eigenvalue weighted by atomic mass is 10.2. The molecular formula is C16H23F5N2O4Si. The Morgan fingerprint density at radius 2 is 1.43 bits per heavy atom. The van der Waals surface area contributed by atoms with Gasteiger partial charge in [0.05, 0.1) is 0 Å². The van der Waals surface area contributed by atoms with E-state index in [0.717, 1.165) is 0 Å². The quantitative estimate of drug-likeness (QED) is 0.194. The molecule has 0 saturated heterocycles. The fourth-order valence-corrected chi connectivity index (χ4v) is 4.63. The van der Waals surface area contributed by atoms with E-state index in [9.17, 15) is 26.7 Å². The molecule has 0 aliphatic heterocycles. The van der Waals surface area contributed by atoms with Gasteiger partial charge in [0, 0.05) is 32.9 Å². The highest BCUT2D eigenvalue weighted by molar-refractivity contribution is 6.60. The van der Waals surface area contributed by atoms with Crippen LogP contribution in [0.2, 0.25) is 6.04 Å². The first kappa shape index (κ1) is 24.3. The van der Waals surface area contributed by atoms with Crippen LogP contribution in [0.4, 0.5) is 32.4 Å². The van der Waals surface area contributed by atoms with Crippen molar-refractivity contribution in [2.45, 2.75) is 38.8 Å². The van der Waals surface area contributed by atoms with Gasteiger partial charge in [0.2, 0.25) is 5.82 Å². The van der Waals surface area contributed by atoms with Crippen LogP contribution < -0.4 is 10.6 Å². The number of carbonyl (C=O) groups excluding carboxylic acids is 1. The fraction of sp³-hybridized carbons (Fsp3) is 0.562. The van der Waals surface area contributed by atoms with Crippen molar-refractivity contribution < 1.29 is 40.0 Å². The molecule has 0 aliphatic carbocycles. The zero-order valence-electron chi connectivity index (χ0n) is 15.9. The van der Waals surface area contributed by atoms with Gasteiger partial charge >= 0.3 is 14.8 Å². The normalized spacial score (nSPS) is 11.8. The first-order valence-corrected chi connectivity index (χ1v) is 10.4. The summed E-state index contributed by atoms with van der Waals surface area (Å²) in [6, 6.07) is -0.636. The SMILES string of the molecule is CO[Si](CCCCNC(=O)Nc1c(F)c(F)c(F)c(F)c1F)(OC)OC(C)C. The molecule has 12 heteroatoms. The molecule has 1 aromatic carbocycles. The third-order valence-corrected chi connectivity index (χ3v) is 6.72. The van der Waals surface area contributed by atoms with Crippen LogP contribution in [-0.2, 0) is 13.3 Å². The molecule has 1 aromatic rings. The lowest BCUT2D eigenvalue weighted by molar-refractivity contribution is 0.0694. The fourth-order valence-electron chi connectivity index (χ4n) is 2.34. The number of urea groups is 1. The predicted molar refractivity (Wildman–Crippen MR) is 93.3 cm³/mol. The maximum Gasteiger partial charge on any atom is 0.500 e. The molecule has 160 valence electrons. The van der Waals surface area contributed by atoms with E-state index < -0.39 is 49.6 Å². The van der Waals surface area contributed by atoms with Crippen molar-refractivity contribution in [2.75, 3.05) is 26.1 Å². The van der Waals surface area contributed by atoms with Crippen molar-refractivity contribution in [1.29, 1.82) is 0 Å². The second-order valence-electron chi connectivity index (χ2n) is 6.04. The number of anilines is 1. The second-order valence-corrected chi connectivity index (χ2v) is 8.96. The van der Waals surface area contributed by atoms with Gasteiger partial charge in [-0.15, -0.1) is 0 Å². The Hall–Kier alpha value is -1.76. The van der Waals surface area contributed by atoms with Gasteiger partial charge in [0.25, 0.3) is 0 Å². The molecule has 2 amide bonds. The van der Waals surface area contributed by atoms with Gasteiger partial charge in [0.15, 0.2) is 23.3 Å². The second kappa shape index (κ2) is 10.7. The molecule has 0 saturated carbocycles. The molecule has 2 N–H and O–H groups in total. The Bertz CT molecular complexity index is 660. The van der Waals surface area contributed by atoms with Crippen LogP contribution in [0, 0.1) is 29.1 Å². The molecule has 0 spiro atoms. The summed E-state index contributed by atoms with van der Waals surface area (Å²) in [6.07, 6.45) is 0.883. The smallest absolute Gasteiger partial charge is 0.377 e. The van der Waals surface area contributed by atoms with Crippen LogP contribution in [0.25, 0.3) is 0 Å². The first-order chi connectivity index (χ1) is 13.1. The highest BCUT2D eigenvalue weighted by Gasteiger charge is 2.39. The Labute approximate surface area is 160 Å². The minimum absolute atomic E-state index is 0.0841. The predicted octanol–water partition coefficient (Wildman–Crippen LogP) is 3.94. The van der Waals surface area contributed by atoms with Crippen molar-refractivity contribution in [3.63, 3.8) is 0 Å². The highest BCUT2D eigenvalue weighted by atomic mass is 28.4. The minimum Gasteiger partial charge on any atom is -0.377 e. The zero-order valence-corrected chi connectivity index (χ0v) is 16.9. The number of nitrogens with one attached hydrogen (secondary N) is 2. The van der Waals surface area contributed by atoms with Gasteiger partial charge in [-0.25, -0.2) is 26.7 Å². The Balaban J connectivity index is 2.55. The van der Waals surface area contributed by atoms with Gasteiger partial charge in [-0.2, -0.15) is 0 Å². The molecule has 0 unspecified atom stereocenters. The van der Waals surface area contributed by atoms with Gasteiger partial charge in [0.1, 0.15) is 5.69 Å². The monoisotopic (exact) mass is 430 g/mol. The van der Waals surface area contributed by atoms with Crippen molar-refractivity contribution >= 4 is 20.5 Å². The average molecular weight is 430 g/mol. The maximum absolute atomic E-state index is 13.5. The number of hydrogen-bond donors (Lipinski definition) is 2. The molecule has 0 heterocycles. The van der Waals surface area contributed by atoms with Crippen molar-refractivity contribution in [1.82, 2.24) is 5.32 Å². The summed E-state index contributed by atoms with van der Waals surface area (Å²) in [5.74, 6) is -10.8. The van der Waals surface area contributed by atoms with Gasteiger partial charge in [-0.1, -0.05) is 0 Å². The number of hydrogen-bond acceptors (Lipinski definition) is 4.